The number of para-hydroxylation sites is 1. The molecule has 1 aromatic carbocycles. The summed E-state index contributed by atoms with van der Waals surface area (Å²) in [4.78, 5) is 16.2. The van der Waals surface area contributed by atoms with E-state index in [0.29, 0.717) is 0 Å². The number of hydrogen-bond donors (Lipinski definition) is 1. The highest BCUT2D eigenvalue weighted by Gasteiger charge is 2.41. The summed E-state index contributed by atoms with van der Waals surface area (Å²) >= 11 is 12.1. The third kappa shape index (κ3) is 3.83. The molecule has 3 rings (SSSR count). The second-order valence-corrected chi connectivity index (χ2v) is 7.00. The van der Waals surface area contributed by atoms with Crippen LogP contribution in [0.25, 0.3) is 5.69 Å². The molecule has 0 atom stereocenters. The Kier molecular flexibility index (Phi) is 5.48. The van der Waals surface area contributed by atoms with Crippen LogP contribution in [0.5, 0.6) is 0 Å². The Labute approximate surface area is 158 Å². The first-order valence-electron chi connectivity index (χ1n) is 8.19. The Balaban J connectivity index is 2.02. The van der Waals surface area contributed by atoms with Crippen LogP contribution in [0.2, 0.25) is 10.0 Å². The molecule has 0 bridgehead atoms. The summed E-state index contributed by atoms with van der Waals surface area (Å²) in [6.07, 6.45) is 0.583. The predicted octanol–water partition coefficient (Wildman–Crippen LogP) is 5.26. The second kappa shape index (κ2) is 7.48. The lowest BCUT2D eigenvalue weighted by Gasteiger charge is -2.22. The highest BCUT2D eigenvalue weighted by Crippen LogP contribution is 2.37. The van der Waals surface area contributed by atoms with Gasteiger partial charge in [-0.1, -0.05) is 48.5 Å². The number of amides is 1. The molecule has 1 fully saturated rings. The zero-order chi connectivity index (χ0) is 18.9. The Morgan fingerprint density at radius 3 is 2.35 bits per heavy atom. The molecule has 1 aliphatic carbocycles. The molecule has 0 radical (unpaired) electrons. The minimum absolute atomic E-state index is 0.0274. The lowest BCUT2D eigenvalue weighted by atomic mass is 9.95. The van der Waals surface area contributed by atoms with Gasteiger partial charge >= 0.3 is 6.18 Å². The predicted molar refractivity (Wildman–Crippen MR) is 92.9 cm³/mol. The molecule has 1 saturated carbocycles. The summed E-state index contributed by atoms with van der Waals surface area (Å²) in [5, 5.41) is 2.72. The number of carbonyl (C=O) groups is 1. The highest BCUT2D eigenvalue weighted by atomic mass is 35.5. The molecule has 2 aromatic rings. The maximum atomic E-state index is 13.7. The fourth-order valence-corrected chi connectivity index (χ4v) is 3.75. The van der Waals surface area contributed by atoms with Crippen molar-refractivity contribution in [1.29, 1.82) is 0 Å². The molecule has 1 heterocycles. The molecule has 1 amide bonds. The van der Waals surface area contributed by atoms with Crippen molar-refractivity contribution in [3.63, 3.8) is 0 Å². The quantitative estimate of drug-likeness (QED) is 0.756. The van der Waals surface area contributed by atoms with Gasteiger partial charge in [-0.05, 0) is 25.0 Å². The van der Waals surface area contributed by atoms with Crippen molar-refractivity contribution in [2.45, 2.75) is 44.3 Å². The van der Waals surface area contributed by atoms with Crippen molar-refractivity contribution in [1.82, 2.24) is 14.9 Å². The van der Waals surface area contributed by atoms with Crippen LogP contribution in [0.1, 0.15) is 48.3 Å². The van der Waals surface area contributed by atoms with E-state index < -0.39 is 23.5 Å². The number of rotatable bonds is 3. The van der Waals surface area contributed by atoms with Gasteiger partial charge in [0.25, 0.3) is 5.91 Å². The molecule has 9 heteroatoms. The summed E-state index contributed by atoms with van der Waals surface area (Å²) in [5.41, 5.74) is -1.94. The molecule has 0 unspecified atom stereocenters. The minimum atomic E-state index is -4.81. The van der Waals surface area contributed by atoms with Crippen LogP contribution < -0.4 is 5.32 Å². The van der Waals surface area contributed by atoms with E-state index in [1.54, 1.807) is 0 Å². The Hall–Kier alpha value is -1.73. The summed E-state index contributed by atoms with van der Waals surface area (Å²) in [6.45, 7) is 0. The zero-order valence-electron chi connectivity index (χ0n) is 13.6. The smallest absolute Gasteiger partial charge is 0.348 e. The lowest BCUT2D eigenvalue weighted by Crippen LogP contribution is -2.37. The van der Waals surface area contributed by atoms with Gasteiger partial charge in [0.2, 0.25) is 0 Å². The van der Waals surface area contributed by atoms with E-state index in [1.807, 2.05) is 0 Å². The Morgan fingerprint density at radius 2 is 1.77 bits per heavy atom. The van der Waals surface area contributed by atoms with Gasteiger partial charge in [-0.2, -0.15) is 13.2 Å². The summed E-state index contributed by atoms with van der Waals surface area (Å²) in [6, 6.07) is 4.23. The van der Waals surface area contributed by atoms with Gasteiger partial charge in [0.1, 0.15) is 6.33 Å². The van der Waals surface area contributed by atoms with E-state index in [1.165, 1.54) is 18.2 Å². The number of imidazole rings is 1. The van der Waals surface area contributed by atoms with Crippen molar-refractivity contribution < 1.29 is 18.0 Å². The standard InChI is InChI=1S/C17H16Cl2F3N3O/c18-11-7-4-8-12(19)14(11)25-9-23-13(15(25)17(20,21)22)16(26)24-10-5-2-1-3-6-10/h4,7-10H,1-3,5-6H2,(H,24,26). The second-order valence-electron chi connectivity index (χ2n) is 6.19. The number of halogens is 5. The summed E-state index contributed by atoms with van der Waals surface area (Å²) in [7, 11) is 0. The first kappa shape index (κ1) is 19.0. The molecule has 26 heavy (non-hydrogen) atoms. The molecule has 0 aliphatic heterocycles. The van der Waals surface area contributed by atoms with Gasteiger partial charge in [0.15, 0.2) is 11.4 Å². The molecule has 0 saturated heterocycles. The average Bonchev–Trinajstić information content (AvgIpc) is 3.01. The van der Waals surface area contributed by atoms with Crippen LogP contribution in [-0.2, 0) is 6.18 Å². The van der Waals surface area contributed by atoms with Crippen LogP contribution >= 0.6 is 23.2 Å². The van der Waals surface area contributed by atoms with Gasteiger partial charge in [-0.15, -0.1) is 0 Å². The maximum Gasteiger partial charge on any atom is 0.434 e. The van der Waals surface area contributed by atoms with E-state index in [-0.39, 0.29) is 21.8 Å². The molecular formula is C17H16Cl2F3N3O. The van der Waals surface area contributed by atoms with Crippen LogP contribution in [-0.4, -0.2) is 21.5 Å². The molecular weight excluding hydrogens is 390 g/mol. The van der Waals surface area contributed by atoms with Crippen LogP contribution in [0.15, 0.2) is 24.5 Å². The normalized spacial score (nSPS) is 15.9. The Bertz CT molecular complexity index is 794. The fourth-order valence-electron chi connectivity index (χ4n) is 3.17. The van der Waals surface area contributed by atoms with Gasteiger partial charge in [0.05, 0.1) is 15.7 Å². The fraction of sp³-hybridized carbons (Fsp3) is 0.412. The number of aromatic nitrogens is 2. The third-order valence-electron chi connectivity index (χ3n) is 4.37. The van der Waals surface area contributed by atoms with Crippen molar-refractivity contribution >= 4 is 29.1 Å². The Morgan fingerprint density at radius 1 is 1.15 bits per heavy atom. The number of alkyl halides is 3. The number of carbonyl (C=O) groups excluding carboxylic acids is 1. The SMILES string of the molecule is O=C(NC1CCCCC1)c1ncn(-c2c(Cl)cccc2Cl)c1C(F)(F)F. The molecule has 1 N–H and O–H groups in total. The molecule has 1 aromatic heterocycles. The van der Waals surface area contributed by atoms with E-state index in [9.17, 15) is 18.0 Å². The average molecular weight is 406 g/mol. The number of hydrogen-bond acceptors (Lipinski definition) is 2. The van der Waals surface area contributed by atoms with Crippen molar-refractivity contribution in [3.05, 3.63) is 46.0 Å². The highest BCUT2D eigenvalue weighted by molar-refractivity contribution is 6.37. The van der Waals surface area contributed by atoms with Gasteiger partial charge < -0.3 is 5.32 Å². The van der Waals surface area contributed by atoms with Gasteiger partial charge in [-0.3, -0.25) is 9.36 Å². The number of nitrogens with zero attached hydrogens (tertiary/aromatic N) is 2. The molecule has 1 aliphatic rings. The molecule has 140 valence electrons. The van der Waals surface area contributed by atoms with Gasteiger partial charge in [0, 0.05) is 6.04 Å². The van der Waals surface area contributed by atoms with E-state index in [0.717, 1.165) is 43.0 Å². The first-order valence-corrected chi connectivity index (χ1v) is 8.94. The molecule has 4 nitrogen and oxygen atoms in total. The van der Waals surface area contributed by atoms with E-state index >= 15 is 0 Å². The first-order chi connectivity index (χ1) is 12.3. The maximum absolute atomic E-state index is 13.7. The van der Waals surface area contributed by atoms with E-state index in [2.05, 4.69) is 10.3 Å². The van der Waals surface area contributed by atoms with Crippen LogP contribution in [0.4, 0.5) is 13.2 Å². The van der Waals surface area contributed by atoms with Crippen molar-refractivity contribution in [2.75, 3.05) is 0 Å². The van der Waals surface area contributed by atoms with Crippen molar-refractivity contribution in [3.8, 4) is 5.69 Å². The summed E-state index contributed by atoms with van der Waals surface area (Å²) in [5.74, 6) is -0.842. The van der Waals surface area contributed by atoms with Crippen LogP contribution in [0.3, 0.4) is 0 Å². The largest absolute Gasteiger partial charge is 0.434 e. The zero-order valence-corrected chi connectivity index (χ0v) is 15.1. The third-order valence-corrected chi connectivity index (χ3v) is 4.98. The van der Waals surface area contributed by atoms with Crippen molar-refractivity contribution in [2.24, 2.45) is 0 Å². The summed E-state index contributed by atoms with van der Waals surface area (Å²) < 4.78 is 41.8. The topological polar surface area (TPSA) is 46.9 Å². The van der Waals surface area contributed by atoms with Crippen LogP contribution in [0, 0.1) is 0 Å². The molecule has 0 spiro atoms. The minimum Gasteiger partial charge on any atom is -0.348 e. The van der Waals surface area contributed by atoms with E-state index in [4.69, 9.17) is 23.2 Å². The monoisotopic (exact) mass is 405 g/mol. The number of benzene rings is 1. The number of nitrogens with one attached hydrogen (secondary N) is 1. The lowest BCUT2D eigenvalue weighted by molar-refractivity contribution is -0.142. The van der Waals surface area contributed by atoms with Gasteiger partial charge in [-0.25, -0.2) is 4.98 Å².